The molecule has 0 spiro atoms. The van der Waals surface area contributed by atoms with E-state index in [4.69, 9.17) is 9.47 Å². The fourth-order valence-electron chi connectivity index (χ4n) is 6.92. The molecule has 5 aliphatic rings. The van der Waals surface area contributed by atoms with E-state index in [1.165, 1.54) is 18.6 Å². The van der Waals surface area contributed by atoms with Crippen LogP contribution in [0, 0.1) is 35.4 Å². The van der Waals surface area contributed by atoms with Gasteiger partial charge >= 0.3 is 11.9 Å². The van der Waals surface area contributed by atoms with E-state index in [0.29, 0.717) is 11.8 Å². The van der Waals surface area contributed by atoms with E-state index in [-0.39, 0.29) is 17.7 Å². The molecule has 4 bridgehead atoms. The van der Waals surface area contributed by atoms with Crippen LogP contribution in [0.15, 0.2) is 24.3 Å². The molecule has 0 radical (unpaired) electrons. The van der Waals surface area contributed by atoms with Crippen molar-refractivity contribution in [3.05, 3.63) is 35.6 Å². The van der Waals surface area contributed by atoms with Crippen LogP contribution in [0.25, 0.3) is 0 Å². The summed E-state index contributed by atoms with van der Waals surface area (Å²) in [6.07, 6.45) is 5.34. The Labute approximate surface area is 158 Å². The van der Waals surface area contributed by atoms with E-state index < -0.39 is 29.1 Å². The Hall–Kier alpha value is -1.91. The van der Waals surface area contributed by atoms with Crippen LogP contribution in [0.3, 0.4) is 0 Å². The van der Waals surface area contributed by atoms with Gasteiger partial charge in [-0.15, -0.1) is 0 Å². The van der Waals surface area contributed by atoms with Gasteiger partial charge < -0.3 is 9.47 Å². The van der Waals surface area contributed by atoms with Crippen molar-refractivity contribution in [3.8, 4) is 0 Å². The lowest BCUT2D eigenvalue weighted by atomic mass is 9.40. The van der Waals surface area contributed by atoms with Gasteiger partial charge in [-0.25, -0.2) is 4.39 Å². The second-order valence-electron chi connectivity index (χ2n) is 9.42. The third kappa shape index (κ3) is 2.39. The molecule has 5 heteroatoms. The van der Waals surface area contributed by atoms with E-state index in [0.717, 1.165) is 31.2 Å². The van der Waals surface area contributed by atoms with Crippen LogP contribution in [-0.2, 0) is 24.5 Å². The van der Waals surface area contributed by atoms with Crippen LogP contribution in [0.1, 0.15) is 51.5 Å². The first-order valence-corrected chi connectivity index (χ1v) is 10.0. The average molecular weight is 372 g/mol. The Balaban J connectivity index is 1.67. The number of carbonyl (C=O) groups is 2. The lowest BCUT2D eigenvalue weighted by Gasteiger charge is -2.63. The molecule has 0 atom stereocenters. The smallest absolute Gasteiger partial charge is 0.324 e. The second kappa shape index (κ2) is 5.55. The van der Waals surface area contributed by atoms with Crippen molar-refractivity contribution in [1.29, 1.82) is 0 Å². The van der Waals surface area contributed by atoms with E-state index in [2.05, 4.69) is 0 Å². The van der Waals surface area contributed by atoms with Crippen molar-refractivity contribution >= 4 is 11.9 Å². The van der Waals surface area contributed by atoms with Crippen molar-refractivity contribution in [2.75, 3.05) is 0 Å². The average Bonchev–Trinajstić information content (AvgIpc) is 2.56. The molecule has 1 aliphatic heterocycles. The maximum absolute atomic E-state index is 13.7. The van der Waals surface area contributed by atoms with Gasteiger partial charge in [-0.2, -0.15) is 0 Å². The molecule has 6 rings (SSSR count). The molecule has 1 heterocycles. The lowest BCUT2D eigenvalue weighted by molar-refractivity contribution is -0.250. The zero-order valence-electron chi connectivity index (χ0n) is 15.7. The van der Waals surface area contributed by atoms with Crippen LogP contribution >= 0.6 is 0 Å². The summed E-state index contributed by atoms with van der Waals surface area (Å²) in [5, 5.41) is 0. The van der Waals surface area contributed by atoms with E-state index >= 15 is 0 Å². The Morgan fingerprint density at radius 2 is 1.33 bits per heavy atom. The zero-order chi connectivity index (χ0) is 19.0. The van der Waals surface area contributed by atoms with Gasteiger partial charge in [0.25, 0.3) is 5.79 Å². The molecule has 27 heavy (non-hydrogen) atoms. The SMILES string of the molecule is CC1(C)OC(=O)C(C2(c3ccc(F)cc3)C3CC4CC(C3)CC2C4)C(=O)O1. The third-order valence-corrected chi connectivity index (χ3v) is 7.48. The van der Waals surface area contributed by atoms with Crippen LogP contribution < -0.4 is 0 Å². The first-order valence-electron chi connectivity index (χ1n) is 10.0. The van der Waals surface area contributed by atoms with Gasteiger partial charge in [0.15, 0.2) is 5.92 Å². The van der Waals surface area contributed by atoms with Crippen LogP contribution in [0.2, 0.25) is 0 Å². The molecule has 4 aliphatic carbocycles. The fourth-order valence-corrected chi connectivity index (χ4v) is 6.92. The van der Waals surface area contributed by atoms with Crippen molar-refractivity contribution in [3.63, 3.8) is 0 Å². The van der Waals surface area contributed by atoms with Crippen LogP contribution in [0.4, 0.5) is 4.39 Å². The van der Waals surface area contributed by atoms with Crippen LogP contribution in [0.5, 0.6) is 0 Å². The standard InChI is InChI=1S/C22H25FO4/c1-21(2)26-19(24)18(20(25)27-21)22(14-3-5-17(23)6-4-14)15-8-12-7-13(10-15)11-16(22)9-12/h3-6,12-13,15-16,18H,7-11H2,1-2H3. The van der Waals surface area contributed by atoms with Crippen LogP contribution in [-0.4, -0.2) is 17.7 Å². The number of cyclic esters (lactones) is 2. The number of halogens is 1. The van der Waals surface area contributed by atoms with Crippen molar-refractivity contribution in [1.82, 2.24) is 0 Å². The largest absolute Gasteiger partial charge is 0.422 e. The van der Waals surface area contributed by atoms with Crippen molar-refractivity contribution in [2.45, 2.75) is 57.2 Å². The Bertz CT molecular complexity index is 749. The summed E-state index contributed by atoms with van der Waals surface area (Å²) in [5.74, 6) is -1.70. The molecule has 144 valence electrons. The highest BCUT2D eigenvalue weighted by Gasteiger charge is 2.66. The normalized spacial score (nSPS) is 40.0. The number of rotatable bonds is 2. The molecule has 4 saturated carbocycles. The summed E-state index contributed by atoms with van der Waals surface area (Å²) in [7, 11) is 0. The summed E-state index contributed by atoms with van der Waals surface area (Å²) in [6.45, 7) is 3.17. The first-order chi connectivity index (χ1) is 12.8. The lowest BCUT2D eigenvalue weighted by Crippen LogP contribution is -2.65. The van der Waals surface area contributed by atoms with Gasteiger partial charge in [0.2, 0.25) is 0 Å². The minimum atomic E-state index is -1.24. The molecule has 0 unspecified atom stereocenters. The maximum Gasteiger partial charge on any atom is 0.324 e. The highest BCUT2D eigenvalue weighted by Crippen LogP contribution is 2.66. The second-order valence-corrected chi connectivity index (χ2v) is 9.42. The summed E-state index contributed by atoms with van der Waals surface area (Å²) in [5.41, 5.74) is 0.238. The molecule has 1 aromatic carbocycles. The molecule has 0 amide bonds. The van der Waals surface area contributed by atoms with E-state index in [1.807, 2.05) is 0 Å². The molecule has 4 nitrogen and oxygen atoms in total. The number of carbonyl (C=O) groups excluding carboxylic acids is 2. The van der Waals surface area contributed by atoms with Crippen molar-refractivity contribution in [2.24, 2.45) is 29.6 Å². The molecule has 0 N–H and O–H groups in total. The number of hydrogen-bond acceptors (Lipinski definition) is 4. The van der Waals surface area contributed by atoms with Gasteiger partial charge in [-0.3, -0.25) is 9.59 Å². The Morgan fingerprint density at radius 1 is 0.852 bits per heavy atom. The van der Waals surface area contributed by atoms with Gasteiger partial charge in [0, 0.05) is 19.3 Å². The topological polar surface area (TPSA) is 52.6 Å². The number of hydrogen-bond donors (Lipinski definition) is 0. The zero-order valence-corrected chi connectivity index (χ0v) is 15.7. The summed E-state index contributed by atoms with van der Waals surface area (Å²) < 4.78 is 24.7. The molecule has 1 aromatic rings. The quantitative estimate of drug-likeness (QED) is 0.582. The number of ether oxygens (including phenoxy) is 2. The highest BCUT2D eigenvalue weighted by atomic mass is 19.1. The highest BCUT2D eigenvalue weighted by molar-refractivity contribution is 5.99. The predicted molar refractivity (Wildman–Crippen MR) is 94.9 cm³/mol. The van der Waals surface area contributed by atoms with Gasteiger partial charge in [0.05, 0.1) is 0 Å². The Kier molecular flexibility index (Phi) is 3.54. The Morgan fingerprint density at radius 3 is 1.81 bits per heavy atom. The fraction of sp³-hybridized carbons (Fsp3) is 0.636. The number of benzene rings is 1. The monoisotopic (exact) mass is 372 g/mol. The van der Waals surface area contributed by atoms with Gasteiger partial charge in [-0.05, 0) is 73.5 Å². The minimum absolute atomic E-state index is 0.227. The van der Waals surface area contributed by atoms with Gasteiger partial charge in [0.1, 0.15) is 5.82 Å². The molecular weight excluding hydrogens is 347 g/mol. The van der Waals surface area contributed by atoms with Gasteiger partial charge in [-0.1, -0.05) is 12.1 Å². The molecule has 5 fully saturated rings. The summed E-state index contributed by atoms with van der Waals surface area (Å²) in [6, 6.07) is 6.40. The van der Waals surface area contributed by atoms with E-state index in [9.17, 15) is 14.0 Å². The molecule has 0 aromatic heterocycles. The third-order valence-electron chi connectivity index (χ3n) is 7.48. The van der Waals surface area contributed by atoms with E-state index in [1.54, 1.807) is 26.0 Å². The summed E-state index contributed by atoms with van der Waals surface area (Å²) >= 11 is 0. The summed E-state index contributed by atoms with van der Waals surface area (Å²) in [4.78, 5) is 26.2. The first kappa shape index (κ1) is 17.2. The molecule has 1 saturated heterocycles. The molecular formula is C22H25FO4. The predicted octanol–water partition coefficient (Wildman–Crippen LogP) is 3.97. The maximum atomic E-state index is 13.7. The number of esters is 2. The van der Waals surface area contributed by atoms with Crippen molar-refractivity contribution < 1.29 is 23.5 Å². The minimum Gasteiger partial charge on any atom is -0.422 e.